The predicted octanol–water partition coefficient (Wildman–Crippen LogP) is 4.64. The van der Waals surface area contributed by atoms with Gasteiger partial charge in [-0.15, -0.1) is 0 Å². The van der Waals surface area contributed by atoms with Crippen molar-refractivity contribution in [3.63, 3.8) is 0 Å². The maximum absolute atomic E-state index is 10.6. The van der Waals surface area contributed by atoms with Gasteiger partial charge in [-0.25, -0.2) is 4.79 Å². The normalized spacial score (nSPS) is 11.6. The van der Waals surface area contributed by atoms with Crippen molar-refractivity contribution in [2.75, 3.05) is 6.54 Å². The van der Waals surface area contributed by atoms with Gasteiger partial charge < -0.3 is 15.0 Å². The van der Waals surface area contributed by atoms with Crippen LogP contribution in [0.15, 0.2) is 48.8 Å². The molecule has 0 radical (unpaired) electrons. The van der Waals surface area contributed by atoms with E-state index in [1.165, 1.54) is 17.7 Å². The summed E-state index contributed by atoms with van der Waals surface area (Å²) in [4.78, 5) is 8.90. The van der Waals surface area contributed by atoms with Crippen LogP contribution in [0.1, 0.15) is 32.8 Å². The monoisotopic (exact) mass is 370 g/mol. The average Bonchev–Trinajstić information content (AvgIpc) is 3.05. The number of hydrogen-bond donors (Lipinski definition) is 2. The van der Waals surface area contributed by atoms with Crippen molar-refractivity contribution in [1.82, 2.24) is 9.88 Å². The van der Waals surface area contributed by atoms with Gasteiger partial charge in [-0.3, -0.25) is 0 Å². The summed E-state index contributed by atoms with van der Waals surface area (Å²) in [6.07, 6.45) is 0.252. The van der Waals surface area contributed by atoms with Crippen LogP contribution in [0.4, 0.5) is 13.2 Å². The Balaban J connectivity index is 0.000000412. The van der Waals surface area contributed by atoms with Crippen LogP contribution in [0.5, 0.6) is 0 Å². The van der Waals surface area contributed by atoms with Crippen molar-refractivity contribution < 1.29 is 23.1 Å². The van der Waals surface area contributed by atoms with Gasteiger partial charge in [0.15, 0.2) is 0 Å². The second kappa shape index (κ2) is 9.43. The number of benzene rings is 1. The molecule has 0 aliphatic heterocycles. The molecule has 0 unspecified atom stereocenters. The van der Waals surface area contributed by atoms with Gasteiger partial charge in [0, 0.05) is 24.6 Å². The summed E-state index contributed by atoms with van der Waals surface area (Å²) in [6, 6.07) is 12.8. The lowest BCUT2D eigenvalue weighted by molar-refractivity contribution is -0.192. The first kappa shape index (κ1) is 21.8. The van der Waals surface area contributed by atoms with Crippen molar-refractivity contribution in [3.8, 4) is 5.69 Å². The molecule has 144 valence electrons. The Morgan fingerprint density at radius 3 is 2.00 bits per heavy atom. The lowest BCUT2D eigenvalue weighted by atomic mass is 9.92. The first-order chi connectivity index (χ1) is 12.0. The third kappa shape index (κ3) is 8.71. The molecule has 4 nitrogen and oxygen atoms in total. The van der Waals surface area contributed by atoms with Gasteiger partial charge in [0.25, 0.3) is 0 Å². The molecule has 0 bridgehead atoms. The molecule has 0 spiro atoms. The van der Waals surface area contributed by atoms with Crippen LogP contribution in [0.25, 0.3) is 5.69 Å². The maximum Gasteiger partial charge on any atom is 0.490 e. The van der Waals surface area contributed by atoms with Crippen LogP contribution in [-0.4, -0.2) is 28.4 Å². The fourth-order valence-corrected chi connectivity index (χ4v) is 1.99. The minimum atomic E-state index is -5.08. The van der Waals surface area contributed by atoms with Crippen molar-refractivity contribution in [3.05, 3.63) is 54.4 Å². The summed E-state index contributed by atoms with van der Waals surface area (Å²) in [6.45, 7) is 8.85. The standard InChI is InChI=1S/C17H24N2.C2HF3O2/c1-17(2,3)10-11-18-14-15-6-8-16(9-7-15)19-12-4-5-13-19;3-2(4,5)1(6)7/h4-9,12-13,18H,10-11,14H2,1-3H3;(H,6,7). The molecule has 1 heterocycles. The second-order valence-corrected chi connectivity index (χ2v) is 7.05. The van der Waals surface area contributed by atoms with Crippen LogP contribution in [-0.2, 0) is 11.3 Å². The molecular weight excluding hydrogens is 345 g/mol. The van der Waals surface area contributed by atoms with Gasteiger partial charge in [-0.1, -0.05) is 32.9 Å². The SMILES string of the molecule is CC(C)(C)CCNCc1ccc(-n2cccc2)cc1.O=C(O)C(F)(F)F. The third-order valence-corrected chi connectivity index (χ3v) is 3.46. The molecule has 0 fully saturated rings. The number of aliphatic carboxylic acids is 1. The van der Waals surface area contributed by atoms with E-state index < -0.39 is 12.1 Å². The minimum absolute atomic E-state index is 0.408. The molecule has 0 aliphatic carbocycles. The highest BCUT2D eigenvalue weighted by Gasteiger charge is 2.38. The zero-order valence-corrected chi connectivity index (χ0v) is 15.2. The van der Waals surface area contributed by atoms with E-state index in [2.05, 4.69) is 67.3 Å². The Hall–Kier alpha value is -2.28. The Bertz CT molecular complexity index is 658. The zero-order chi connectivity index (χ0) is 19.8. The fourth-order valence-electron chi connectivity index (χ4n) is 1.99. The van der Waals surface area contributed by atoms with E-state index >= 15 is 0 Å². The van der Waals surface area contributed by atoms with Gasteiger partial charge in [-0.05, 0) is 48.2 Å². The molecular formula is C19H25F3N2O2. The minimum Gasteiger partial charge on any atom is -0.475 e. The second-order valence-electron chi connectivity index (χ2n) is 7.05. The van der Waals surface area contributed by atoms with Gasteiger partial charge in [0.1, 0.15) is 0 Å². The van der Waals surface area contributed by atoms with E-state index in [0.717, 1.165) is 13.1 Å². The van der Waals surface area contributed by atoms with Crippen LogP contribution in [0, 0.1) is 5.41 Å². The largest absolute Gasteiger partial charge is 0.490 e. The van der Waals surface area contributed by atoms with E-state index in [1.807, 2.05) is 12.1 Å². The van der Waals surface area contributed by atoms with E-state index in [4.69, 9.17) is 9.90 Å². The number of carboxylic acids is 1. The van der Waals surface area contributed by atoms with Crippen molar-refractivity contribution in [2.24, 2.45) is 5.41 Å². The molecule has 2 N–H and O–H groups in total. The number of alkyl halides is 3. The summed E-state index contributed by atoms with van der Waals surface area (Å²) >= 11 is 0. The average molecular weight is 370 g/mol. The highest BCUT2D eigenvalue weighted by molar-refractivity contribution is 5.73. The number of hydrogen-bond acceptors (Lipinski definition) is 2. The molecule has 0 saturated heterocycles. The van der Waals surface area contributed by atoms with Gasteiger partial charge in [0.05, 0.1) is 0 Å². The molecule has 0 saturated carbocycles. The van der Waals surface area contributed by atoms with Crippen LogP contribution >= 0.6 is 0 Å². The fraction of sp³-hybridized carbons (Fsp3) is 0.421. The highest BCUT2D eigenvalue weighted by atomic mass is 19.4. The number of carbonyl (C=O) groups is 1. The molecule has 2 rings (SSSR count). The Labute approximate surface area is 151 Å². The maximum atomic E-state index is 10.6. The Kier molecular flexibility index (Phi) is 7.89. The molecule has 2 aromatic rings. The number of nitrogens with zero attached hydrogens (tertiary/aromatic N) is 1. The number of carboxylic acid groups (broad SMARTS) is 1. The van der Waals surface area contributed by atoms with E-state index in [0.29, 0.717) is 5.41 Å². The first-order valence-electron chi connectivity index (χ1n) is 8.22. The molecule has 7 heteroatoms. The first-order valence-corrected chi connectivity index (χ1v) is 8.22. The molecule has 0 atom stereocenters. The molecule has 26 heavy (non-hydrogen) atoms. The van der Waals surface area contributed by atoms with E-state index in [1.54, 1.807) is 0 Å². The molecule has 1 aromatic heterocycles. The number of rotatable bonds is 5. The van der Waals surface area contributed by atoms with Crippen LogP contribution < -0.4 is 5.32 Å². The Morgan fingerprint density at radius 1 is 1.08 bits per heavy atom. The Morgan fingerprint density at radius 2 is 1.58 bits per heavy atom. The van der Waals surface area contributed by atoms with Gasteiger partial charge in [-0.2, -0.15) is 13.2 Å². The number of halogens is 3. The molecule has 0 aliphatic rings. The van der Waals surface area contributed by atoms with Crippen molar-refractivity contribution in [2.45, 2.75) is 39.9 Å². The van der Waals surface area contributed by atoms with Crippen molar-refractivity contribution >= 4 is 5.97 Å². The van der Waals surface area contributed by atoms with Crippen LogP contribution in [0.2, 0.25) is 0 Å². The molecule has 1 aromatic carbocycles. The van der Waals surface area contributed by atoms with Crippen molar-refractivity contribution in [1.29, 1.82) is 0 Å². The predicted molar refractivity (Wildman–Crippen MR) is 95.2 cm³/mol. The number of aromatic nitrogens is 1. The lowest BCUT2D eigenvalue weighted by Gasteiger charge is -2.18. The molecule has 0 amide bonds. The lowest BCUT2D eigenvalue weighted by Crippen LogP contribution is -2.21. The smallest absolute Gasteiger partial charge is 0.475 e. The van der Waals surface area contributed by atoms with Gasteiger partial charge in [0.2, 0.25) is 0 Å². The van der Waals surface area contributed by atoms with Crippen LogP contribution in [0.3, 0.4) is 0 Å². The highest BCUT2D eigenvalue weighted by Crippen LogP contribution is 2.17. The summed E-state index contributed by atoms with van der Waals surface area (Å²) in [5, 5.41) is 10.6. The summed E-state index contributed by atoms with van der Waals surface area (Å²) in [5.74, 6) is -2.76. The summed E-state index contributed by atoms with van der Waals surface area (Å²) in [5.41, 5.74) is 2.96. The van der Waals surface area contributed by atoms with Gasteiger partial charge >= 0.3 is 12.1 Å². The third-order valence-electron chi connectivity index (χ3n) is 3.46. The summed E-state index contributed by atoms with van der Waals surface area (Å²) < 4.78 is 33.9. The topological polar surface area (TPSA) is 54.3 Å². The summed E-state index contributed by atoms with van der Waals surface area (Å²) in [7, 11) is 0. The van der Waals surface area contributed by atoms with E-state index in [-0.39, 0.29) is 0 Å². The zero-order valence-electron chi connectivity index (χ0n) is 15.2. The van der Waals surface area contributed by atoms with E-state index in [9.17, 15) is 13.2 Å². The quantitative estimate of drug-likeness (QED) is 0.754. The number of nitrogens with one attached hydrogen (secondary N) is 1.